The maximum atomic E-state index is 12.7. The third kappa shape index (κ3) is 7.00. The Morgan fingerprint density at radius 2 is 1.79 bits per heavy atom. The van der Waals surface area contributed by atoms with Crippen molar-refractivity contribution in [2.45, 2.75) is 26.1 Å². The quantitative estimate of drug-likeness (QED) is 0.513. The van der Waals surface area contributed by atoms with Crippen LogP contribution in [-0.4, -0.2) is 64.4 Å². The van der Waals surface area contributed by atoms with Crippen molar-refractivity contribution in [3.05, 3.63) is 83.9 Å². The summed E-state index contributed by atoms with van der Waals surface area (Å²) in [5, 5.41) is 5.86. The van der Waals surface area contributed by atoms with Gasteiger partial charge in [0.25, 0.3) is 5.91 Å². The summed E-state index contributed by atoms with van der Waals surface area (Å²) in [7, 11) is 2.16. The molecule has 2 N–H and O–H groups in total. The van der Waals surface area contributed by atoms with Gasteiger partial charge in [-0.2, -0.15) is 0 Å². The van der Waals surface area contributed by atoms with E-state index in [0.717, 1.165) is 38.3 Å². The number of hydrogen-bond donors (Lipinski definition) is 2. The molecule has 0 bridgehead atoms. The van der Waals surface area contributed by atoms with E-state index in [4.69, 9.17) is 0 Å². The highest BCUT2D eigenvalue weighted by Crippen LogP contribution is 2.13. The Labute approximate surface area is 200 Å². The van der Waals surface area contributed by atoms with Gasteiger partial charge >= 0.3 is 0 Å². The molecule has 1 fully saturated rings. The minimum absolute atomic E-state index is 0.108. The van der Waals surface area contributed by atoms with Crippen LogP contribution in [0.15, 0.2) is 67.3 Å². The molecular weight excluding hydrogens is 428 g/mol. The highest BCUT2D eigenvalue weighted by molar-refractivity contribution is 5.97. The van der Waals surface area contributed by atoms with Crippen LogP contribution in [0.1, 0.15) is 27.9 Å². The van der Waals surface area contributed by atoms with E-state index in [2.05, 4.69) is 44.6 Å². The molecule has 2 heterocycles. The molecule has 0 spiro atoms. The SMILES string of the molecule is CN1CCN(Cc2cccc(CNC(=O)c3cccc(NC(=O)CCn4ccnc4)c3)c2)CC1. The predicted octanol–water partition coefficient (Wildman–Crippen LogP) is 2.59. The van der Waals surface area contributed by atoms with Gasteiger partial charge in [-0.05, 0) is 36.4 Å². The van der Waals surface area contributed by atoms with Crippen molar-refractivity contribution in [1.29, 1.82) is 0 Å². The maximum Gasteiger partial charge on any atom is 0.251 e. The average Bonchev–Trinajstić information content (AvgIpc) is 3.37. The summed E-state index contributed by atoms with van der Waals surface area (Å²) in [5.74, 6) is -0.276. The number of carbonyl (C=O) groups is 2. The lowest BCUT2D eigenvalue weighted by Crippen LogP contribution is -2.43. The van der Waals surface area contributed by atoms with Gasteiger partial charge in [0, 0.05) is 75.9 Å². The number of nitrogens with one attached hydrogen (secondary N) is 2. The number of piperazine rings is 1. The van der Waals surface area contributed by atoms with Gasteiger partial charge in [0.2, 0.25) is 5.91 Å². The van der Waals surface area contributed by atoms with Crippen LogP contribution in [0, 0.1) is 0 Å². The number of hydrogen-bond acceptors (Lipinski definition) is 5. The summed E-state index contributed by atoms with van der Waals surface area (Å²) in [6.07, 6.45) is 5.52. The molecule has 8 nitrogen and oxygen atoms in total. The molecule has 2 aromatic carbocycles. The first-order valence-corrected chi connectivity index (χ1v) is 11.7. The fourth-order valence-electron chi connectivity index (χ4n) is 4.00. The monoisotopic (exact) mass is 460 g/mol. The summed E-state index contributed by atoms with van der Waals surface area (Å²) in [4.78, 5) is 33.7. The van der Waals surface area contributed by atoms with E-state index >= 15 is 0 Å². The smallest absolute Gasteiger partial charge is 0.251 e. The zero-order valence-electron chi connectivity index (χ0n) is 19.6. The van der Waals surface area contributed by atoms with Crippen LogP contribution in [0.4, 0.5) is 5.69 Å². The van der Waals surface area contributed by atoms with E-state index in [9.17, 15) is 9.59 Å². The Kier molecular flexibility index (Phi) is 8.06. The van der Waals surface area contributed by atoms with E-state index in [1.165, 1.54) is 5.56 Å². The van der Waals surface area contributed by atoms with Gasteiger partial charge in [0.05, 0.1) is 6.33 Å². The van der Waals surface area contributed by atoms with Gasteiger partial charge in [-0.15, -0.1) is 0 Å². The zero-order valence-corrected chi connectivity index (χ0v) is 19.6. The van der Waals surface area contributed by atoms with E-state index in [0.29, 0.717) is 30.8 Å². The highest BCUT2D eigenvalue weighted by Gasteiger charge is 2.14. The third-order valence-corrected chi connectivity index (χ3v) is 6.01. The molecular formula is C26H32N6O2. The molecule has 0 unspecified atom stereocenters. The molecule has 3 aromatic rings. The number of aromatic nitrogens is 2. The summed E-state index contributed by atoms with van der Waals surface area (Å²) in [5.41, 5.74) is 3.46. The van der Waals surface area contributed by atoms with Gasteiger partial charge < -0.3 is 20.1 Å². The molecule has 34 heavy (non-hydrogen) atoms. The maximum absolute atomic E-state index is 12.7. The van der Waals surface area contributed by atoms with Gasteiger partial charge in [-0.1, -0.05) is 30.3 Å². The third-order valence-electron chi connectivity index (χ3n) is 6.01. The first kappa shape index (κ1) is 23.7. The fourth-order valence-corrected chi connectivity index (χ4v) is 4.00. The molecule has 178 valence electrons. The van der Waals surface area contributed by atoms with E-state index in [1.807, 2.05) is 22.9 Å². The first-order valence-electron chi connectivity index (χ1n) is 11.7. The van der Waals surface area contributed by atoms with Crippen LogP contribution >= 0.6 is 0 Å². The normalized spacial score (nSPS) is 14.6. The summed E-state index contributed by atoms with van der Waals surface area (Å²) in [6, 6.07) is 15.4. The number of nitrogens with zero attached hydrogens (tertiary/aromatic N) is 4. The van der Waals surface area contributed by atoms with E-state index in [1.54, 1.807) is 36.8 Å². The Bertz CT molecular complexity index is 1090. The lowest BCUT2D eigenvalue weighted by Gasteiger charge is -2.32. The van der Waals surface area contributed by atoms with Crippen LogP contribution in [0.25, 0.3) is 0 Å². The number of carbonyl (C=O) groups excluding carboxylic acids is 2. The molecule has 4 rings (SSSR count). The number of likely N-dealkylation sites (N-methyl/N-ethyl adjacent to an activating group) is 1. The molecule has 2 amide bonds. The van der Waals surface area contributed by atoms with Gasteiger partial charge in [0.15, 0.2) is 0 Å². The Morgan fingerprint density at radius 3 is 2.59 bits per heavy atom. The average molecular weight is 461 g/mol. The topological polar surface area (TPSA) is 82.5 Å². The van der Waals surface area contributed by atoms with Crippen LogP contribution in [0.5, 0.6) is 0 Å². The van der Waals surface area contributed by atoms with Crippen LogP contribution in [-0.2, 0) is 24.4 Å². The van der Waals surface area contributed by atoms with Crippen molar-refractivity contribution >= 4 is 17.5 Å². The number of rotatable bonds is 9. The molecule has 0 aliphatic carbocycles. The number of benzene rings is 2. The van der Waals surface area contributed by atoms with Crippen molar-refractivity contribution in [2.24, 2.45) is 0 Å². The molecule has 0 radical (unpaired) electrons. The number of amides is 2. The predicted molar refractivity (Wildman–Crippen MR) is 132 cm³/mol. The number of imidazole rings is 1. The summed E-state index contributed by atoms with van der Waals surface area (Å²) < 4.78 is 1.85. The molecule has 1 aromatic heterocycles. The summed E-state index contributed by atoms with van der Waals surface area (Å²) >= 11 is 0. The fraction of sp³-hybridized carbons (Fsp3) is 0.346. The van der Waals surface area contributed by atoms with Crippen molar-refractivity contribution < 1.29 is 9.59 Å². The van der Waals surface area contributed by atoms with Crippen LogP contribution < -0.4 is 10.6 Å². The van der Waals surface area contributed by atoms with Crippen LogP contribution in [0.3, 0.4) is 0 Å². The minimum atomic E-state index is -0.168. The standard InChI is InChI=1S/C26H32N6O2/c1-30-12-14-31(15-13-30)19-22-5-2-4-21(16-22)18-28-26(34)23-6-3-7-24(17-23)29-25(33)8-10-32-11-9-27-20-32/h2-7,9,11,16-17,20H,8,10,12-15,18-19H2,1H3,(H,28,34)(H,29,33). The lowest BCUT2D eigenvalue weighted by atomic mass is 10.1. The molecule has 1 saturated heterocycles. The molecule has 1 aliphatic rings. The Balaban J connectivity index is 1.27. The molecule has 8 heteroatoms. The molecule has 0 atom stereocenters. The highest BCUT2D eigenvalue weighted by atomic mass is 16.2. The zero-order chi connectivity index (χ0) is 23.8. The minimum Gasteiger partial charge on any atom is -0.348 e. The lowest BCUT2D eigenvalue weighted by molar-refractivity contribution is -0.116. The molecule has 0 saturated carbocycles. The number of aryl methyl sites for hydroxylation is 1. The van der Waals surface area contributed by atoms with Crippen molar-refractivity contribution in [3.63, 3.8) is 0 Å². The van der Waals surface area contributed by atoms with Crippen molar-refractivity contribution in [3.8, 4) is 0 Å². The largest absolute Gasteiger partial charge is 0.348 e. The Morgan fingerprint density at radius 1 is 1.00 bits per heavy atom. The second kappa shape index (κ2) is 11.6. The second-order valence-electron chi connectivity index (χ2n) is 8.76. The second-order valence-corrected chi connectivity index (χ2v) is 8.76. The van der Waals surface area contributed by atoms with Crippen LogP contribution in [0.2, 0.25) is 0 Å². The first-order chi connectivity index (χ1) is 16.5. The number of anilines is 1. The summed E-state index contributed by atoms with van der Waals surface area (Å²) in [6.45, 7) is 6.29. The van der Waals surface area contributed by atoms with Gasteiger partial charge in [-0.25, -0.2) is 4.98 Å². The van der Waals surface area contributed by atoms with Gasteiger partial charge in [0.1, 0.15) is 0 Å². The van der Waals surface area contributed by atoms with Gasteiger partial charge in [-0.3, -0.25) is 14.5 Å². The van der Waals surface area contributed by atoms with E-state index in [-0.39, 0.29) is 11.8 Å². The van der Waals surface area contributed by atoms with Crippen molar-refractivity contribution in [1.82, 2.24) is 24.7 Å². The van der Waals surface area contributed by atoms with E-state index < -0.39 is 0 Å². The Hall–Kier alpha value is -3.49. The molecule has 1 aliphatic heterocycles. The van der Waals surface area contributed by atoms with Crippen molar-refractivity contribution in [2.75, 3.05) is 38.5 Å².